The molecule has 0 spiro atoms. The first-order chi connectivity index (χ1) is 9.60. The Morgan fingerprint density at radius 2 is 2.05 bits per heavy atom. The zero-order chi connectivity index (χ0) is 14.5. The van der Waals surface area contributed by atoms with Crippen molar-refractivity contribution in [3.05, 3.63) is 30.6 Å². The summed E-state index contributed by atoms with van der Waals surface area (Å²) < 4.78 is 13.3. The van der Waals surface area contributed by atoms with Crippen molar-refractivity contribution in [2.75, 3.05) is 5.73 Å². The van der Waals surface area contributed by atoms with E-state index in [-0.39, 0.29) is 6.10 Å². The fourth-order valence-electron chi connectivity index (χ4n) is 1.85. The molecule has 0 aliphatic heterocycles. The summed E-state index contributed by atoms with van der Waals surface area (Å²) in [5, 5.41) is 4.22. The average Bonchev–Trinajstić information content (AvgIpc) is 2.82. The van der Waals surface area contributed by atoms with Gasteiger partial charge >= 0.3 is 0 Å². The molecule has 0 saturated carbocycles. The highest BCUT2D eigenvalue weighted by Gasteiger charge is 2.10. The van der Waals surface area contributed by atoms with Crippen molar-refractivity contribution in [1.29, 1.82) is 0 Å². The van der Waals surface area contributed by atoms with E-state index in [1.165, 1.54) is 0 Å². The Bertz CT molecular complexity index is 564. The summed E-state index contributed by atoms with van der Waals surface area (Å²) in [4.78, 5) is 0. The van der Waals surface area contributed by atoms with Crippen LogP contribution in [-0.4, -0.2) is 15.9 Å². The molecule has 0 atom stereocenters. The number of ether oxygens (including phenoxy) is 2. The van der Waals surface area contributed by atoms with E-state index < -0.39 is 0 Å². The summed E-state index contributed by atoms with van der Waals surface area (Å²) in [6.07, 6.45) is 4.64. The van der Waals surface area contributed by atoms with E-state index in [1.807, 2.05) is 42.9 Å². The van der Waals surface area contributed by atoms with Crippen molar-refractivity contribution in [2.24, 2.45) is 0 Å². The molecule has 5 heteroatoms. The largest absolute Gasteiger partial charge is 0.489 e. The Labute approximate surface area is 119 Å². The Morgan fingerprint density at radius 3 is 2.75 bits per heavy atom. The molecular formula is C15H21N3O2. The predicted molar refractivity (Wildman–Crippen MR) is 79.2 cm³/mol. The van der Waals surface area contributed by atoms with Gasteiger partial charge in [-0.3, -0.25) is 4.68 Å². The molecule has 0 bridgehead atoms. The van der Waals surface area contributed by atoms with Crippen LogP contribution < -0.4 is 15.2 Å². The molecule has 5 nitrogen and oxygen atoms in total. The molecule has 2 rings (SSSR count). The van der Waals surface area contributed by atoms with Gasteiger partial charge in [0.05, 0.1) is 18.5 Å². The number of aryl methyl sites for hydroxylation is 1. The van der Waals surface area contributed by atoms with E-state index in [2.05, 4.69) is 12.0 Å². The Morgan fingerprint density at radius 1 is 1.30 bits per heavy atom. The third-order valence-corrected chi connectivity index (χ3v) is 2.68. The SMILES string of the molecule is CCCn1cc(Oc2cccc(OC(C)C)c2N)cn1. The van der Waals surface area contributed by atoms with Crippen LogP contribution in [0.1, 0.15) is 27.2 Å². The highest BCUT2D eigenvalue weighted by Crippen LogP contribution is 2.34. The minimum absolute atomic E-state index is 0.0693. The summed E-state index contributed by atoms with van der Waals surface area (Å²) in [5.41, 5.74) is 6.57. The van der Waals surface area contributed by atoms with Crippen LogP contribution in [0.4, 0.5) is 5.69 Å². The number of hydrogen-bond acceptors (Lipinski definition) is 4. The lowest BCUT2D eigenvalue weighted by molar-refractivity contribution is 0.243. The molecule has 2 N–H and O–H groups in total. The van der Waals surface area contributed by atoms with Crippen LogP contribution in [0.3, 0.4) is 0 Å². The van der Waals surface area contributed by atoms with Gasteiger partial charge in [0, 0.05) is 6.54 Å². The quantitative estimate of drug-likeness (QED) is 0.820. The highest BCUT2D eigenvalue weighted by atomic mass is 16.5. The molecule has 2 aromatic rings. The third kappa shape index (κ3) is 3.44. The molecule has 0 fully saturated rings. The minimum Gasteiger partial charge on any atom is -0.489 e. The molecule has 1 heterocycles. The number of rotatable bonds is 6. The lowest BCUT2D eigenvalue weighted by atomic mass is 10.2. The summed E-state index contributed by atoms with van der Waals surface area (Å²) in [6.45, 7) is 6.89. The Kier molecular flexibility index (Phi) is 4.50. The van der Waals surface area contributed by atoms with Gasteiger partial charge in [-0.25, -0.2) is 0 Å². The number of para-hydroxylation sites is 1. The second-order valence-electron chi connectivity index (χ2n) is 4.88. The van der Waals surface area contributed by atoms with Gasteiger partial charge in [-0.05, 0) is 32.4 Å². The summed E-state index contributed by atoms with van der Waals surface area (Å²) in [6, 6.07) is 5.52. The zero-order valence-corrected chi connectivity index (χ0v) is 12.2. The zero-order valence-electron chi connectivity index (χ0n) is 12.2. The van der Waals surface area contributed by atoms with E-state index >= 15 is 0 Å². The number of nitrogens with zero attached hydrogens (tertiary/aromatic N) is 2. The smallest absolute Gasteiger partial charge is 0.165 e. The van der Waals surface area contributed by atoms with Gasteiger partial charge in [0.15, 0.2) is 11.5 Å². The predicted octanol–water partition coefficient (Wildman–Crippen LogP) is 3.45. The maximum Gasteiger partial charge on any atom is 0.165 e. The van der Waals surface area contributed by atoms with Crippen molar-refractivity contribution in [2.45, 2.75) is 39.8 Å². The number of nitrogens with two attached hydrogens (primary N) is 1. The molecular weight excluding hydrogens is 254 g/mol. The van der Waals surface area contributed by atoms with Gasteiger partial charge in [0.2, 0.25) is 0 Å². The maximum atomic E-state index is 6.07. The molecule has 1 aromatic carbocycles. The number of aromatic nitrogens is 2. The molecule has 0 unspecified atom stereocenters. The number of hydrogen-bond donors (Lipinski definition) is 1. The first-order valence-electron chi connectivity index (χ1n) is 6.85. The number of anilines is 1. The standard InChI is InChI=1S/C15H21N3O2/c1-4-8-18-10-12(9-17-18)20-14-7-5-6-13(15(14)16)19-11(2)3/h5-7,9-11H,4,8,16H2,1-3H3. The first-order valence-corrected chi connectivity index (χ1v) is 6.85. The fraction of sp³-hybridized carbons (Fsp3) is 0.400. The van der Waals surface area contributed by atoms with Crippen LogP contribution in [0.5, 0.6) is 17.2 Å². The van der Waals surface area contributed by atoms with Crippen molar-refractivity contribution >= 4 is 5.69 Å². The average molecular weight is 275 g/mol. The van der Waals surface area contributed by atoms with Crippen LogP contribution in [0.15, 0.2) is 30.6 Å². The van der Waals surface area contributed by atoms with Gasteiger partial charge in [0.1, 0.15) is 11.4 Å². The van der Waals surface area contributed by atoms with E-state index in [0.29, 0.717) is 22.9 Å². The lowest BCUT2D eigenvalue weighted by Crippen LogP contribution is -2.07. The summed E-state index contributed by atoms with van der Waals surface area (Å²) in [7, 11) is 0. The second-order valence-corrected chi connectivity index (χ2v) is 4.88. The van der Waals surface area contributed by atoms with Gasteiger partial charge in [-0.2, -0.15) is 5.10 Å². The molecule has 0 aliphatic carbocycles. The molecule has 0 saturated heterocycles. The Balaban J connectivity index is 2.15. The number of nitrogen functional groups attached to an aromatic ring is 1. The van der Waals surface area contributed by atoms with E-state index in [1.54, 1.807) is 6.20 Å². The van der Waals surface area contributed by atoms with Gasteiger partial charge in [-0.1, -0.05) is 13.0 Å². The second kappa shape index (κ2) is 6.32. The molecule has 20 heavy (non-hydrogen) atoms. The van der Waals surface area contributed by atoms with E-state index in [9.17, 15) is 0 Å². The number of benzene rings is 1. The van der Waals surface area contributed by atoms with Crippen LogP contribution in [0.2, 0.25) is 0 Å². The topological polar surface area (TPSA) is 62.3 Å². The van der Waals surface area contributed by atoms with Crippen LogP contribution >= 0.6 is 0 Å². The van der Waals surface area contributed by atoms with Gasteiger partial charge in [-0.15, -0.1) is 0 Å². The lowest BCUT2D eigenvalue weighted by Gasteiger charge is -2.14. The molecule has 108 valence electrons. The summed E-state index contributed by atoms with van der Waals surface area (Å²) in [5.74, 6) is 1.89. The van der Waals surface area contributed by atoms with Gasteiger partial charge in [0.25, 0.3) is 0 Å². The monoisotopic (exact) mass is 275 g/mol. The highest BCUT2D eigenvalue weighted by molar-refractivity contribution is 5.63. The first kappa shape index (κ1) is 14.2. The van der Waals surface area contributed by atoms with Crippen molar-refractivity contribution in [3.8, 4) is 17.2 Å². The Hall–Kier alpha value is -2.17. The van der Waals surface area contributed by atoms with Crippen LogP contribution in [0, 0.1) is 0 Å². The molecule has 0 amide bonds. The fourth-order valence-corrected chi connectivity index (χ4v) is 1.85. The third-order valence-electron chi connectivity index (χ3n) is 2.68. The van der Waals surface area contributed by atoms with Crippen molar-refractivity contribution < 1.29 is 9.47 Å². The van der Waals surface area contributed by atoms with Crippen LogP contribution in [-0.2, 0) is 6.54 Å². The van der Waals surface area contributed by atoms with Crippen LogP contribution in [0.25, 0.3) is 0 Å². The van der Waals surface area contributed by atoms with Crippen molar-refractivity contribution in [3.63, 3.8) is 0 Å². The molecule has 1 aromatic heterocycles. The maximum absolute atomic E-state index is 6.07. The minimum atomic E-state index is 0.0693. The van der Waals surface area contributed by atoms with Crippen molar-refractivity contribution in [1.82, 2.24) is 9.78 Å². The normalized spacial score (nSPS) is 10.8. The molecule has 0 radical (unpaired) electrons. The van der Waals surface area contributed by atoms with E-state index in [0.717, 1.165) is 13.0 Å². The van der Waals surface area contributed by atoms with Gasteiger partial charge < -0.3 is 15.2 Å². The summed E-state index contributed by atoms with van der Waals surface area (Å²) >= 11 is 0. The molecule has 0 aliphatic rings. The van der Waals surface area contributed by atoms with E-state index in [4.69, 9.17) is 15.2 Å².